The molecule has 2 N–H and O–H groups in total. The van der Waals surface area contributed by atoms with E-state index in [9.17, 15) is 4.79 Å². The maximum atomic E-state index is 12.2. The van der Waals surface area contributed by atoms with Crippen molar-refractivity contribution in [3.8, 4) is 5.75 Å². The SMILES string of the molecule is COc1ccccc1CC(C)N(C)C(=O)C1(N)CC1. The quantitative estimate of drug-likeness (QED) is 0.876. The molecule has 0 saturated heterocycles. The van der Waals surface area contributed by atoms with E-state index < -0.39 is 5.54 Å². The molecule has 0 aliphatic heterocycles. The average molecular weight is 262 g/mol. The van der Waals surface area contributed by atoms with Crippen molar-refractivity contribution in [2.75, 3.05) is 14.2 Å². The summed E-state index contributed by atoms with van der Waals surface area (Å²) in [4.78, 5) is 13.9. The standard InChI is InChI=1S/C15H22N2O2/c1-11(17(2)14(18)15(16)8-9-15)10-12-6-4-5-7-13(12)19-3/h4-7,11H,8-10,16H2,1-3H3. The maximum absolute atomic E-state index is 12.2. The molecule has 1 aliphatic carbocycles. The number of likely N-dealkylation sites (N-methyl/N-ethyl adjacent to an activating group) is 1. The zero-order valence-electron chi connectivity index (χ0n) is 11.8. The Morgan fingerprint density at radius 3 is 2.68 bits per heavy atom. The molecule has 1 aliphatic rings. The fraction of sp³-hybridized carbons (Fsp3) is 0.533. The van der Waals surface area contributed by atoms with Crippen LogP contribution in [0.1, 0.15) is 25.3 Å². The van der Waals surface area contributed by atoms with Gasteiger partial charge in [-0.05, 0) is 37.8 Å². The average Bonchev–Trinajstić information content (AvgIpc) is 3.17. The van der Waals surface area contributed by atoms with E-state index in [1.165, 1.54) is 0 Å². The second-order valence-corrected chi connectivity index (χ2v) is 5.44. The number of benzene rings is 1. The van der Waals surface area contributed by atoms with Gasteiger partial charge in [0, 0.05) is 13.1 Å². The number of hydrogen-bond donors (Lipinski definition) is 1. The van der Waals surface area contributed by atoms with Crippen LogP contribution in [0.4, 0.5) is 0 Å². The first-order valence-corrected chi connectivity index (χ1v) is 6.66. The number of hydrogen-bond acceptors (Lipinski definition) is 3. The van der Waals surface area contributed by atoms with Crippen molar-refractivity contribution in [2.24, 2.45) is 5.73 Å². The molecule has 2 rings (SSSR count). The Bertz CT molecular complexity index is 469. The van der Waals surface area contributed by atoms with E-state index in [2.05, 4.69) is 0 Å². The van der Waals surface area contributed by atoms with Gasteiger partial charge in [-0.15, -0.1) is 0 Å². The molecule has 0 spiro atoms. The Balaban J connectivity index is 2.04. The Kier molecular flexibility index (Phi) is 3.80. The minimum atomic E-state index is -0.593. The summed E-state index contributed by atoms with van der Waals surface area (Å²) in [5.74, 6) is 0.916. The van der Waals surface area contributed by atoms with Crippen LogP contribution in [0.25, 0.3) is 0 Å². The number of methoxy groups -OCH3 is 1. The molecule has 0 radical (unpaired) electrons. The molecule has 0 heterocycles. The molecule has 0 bridgehead atoms. The highest BCUT2D eigenvalue weighted by Crippen LogP contribution is 2.34. The molecule has 1 fully saturated rings. The van der Waals surface area contributed by atoms with Gasteiger partial charge in [0.15, 0.2) is 0 Å². The summed E-state index contributed by atoms with van der Waals surface area (Å²) in [6, 6.07) is 8.00. The van der Waals surface area contributed by atoms with E-state index in [1.54, 1.807) is 12.0 Å². The van der Waals surface area contributed by atoms with Crippen molar-refractivity contribution < 1.29 is 9.53 Å². The second kappa shape index (κ2) is 5.21. The highest BCUT2D eigenvalue weighted by Gasteiger charge is 2.48. The third-order valence-corrected chi connectivity index (χ3v) is 3.90. The van der Waals surface area contributed by atoms with Crippen LogP contribution in [0, 0.1) is 0 Å². The molecular formula is C15H22N2O2. The number of carbonyl (C=O) groups excluding carboxylic acids is 1. The number of nitrogens with zero attached hydrogens (tertiary/aromatic N) is 1. The molecule has 1 unspecified atom stereocenters. The van der Waals surface area contributed by atoms with Crippen LogP contribution < -0.4 is 10.5 Å². The largest absolute Gasteiger partial charge is 0.496 e. The number of carbonyl (C=O) groups is 1. The summed E-state index contributed by atoms with van der Waals surface area (Å²) in [6.07, 6.45) is 2.37. The van der Waals surface area contributed by atoms with Crippen molar-refractivity contribution in [3.63, 3.8) is 0 Å². The minimum absolute atomic E-state index is 0.0508. The van der Waals surface area contributed by atoms with Crippen molar-refractivity contribution in [2.45, 2.75) is 37.8 Å². The van der Waals surface area contributed by atoms with Gasteiger partial charge in [0.2, 0.25) is 5.91 Å². The smallest absolute Gasteiger partial charge is 0.242 e. The van der Waals surface area contributed by atoms with Crippen LogP contribution in [-0.4, -0.2) is 36.5 Å². The Labute approximate surface area is 114 Å². The van der Waals surface area contributed by atoms with Crippen LogP contribution in [0.15, 0.2) is 24.3 Å². The molecule has 4 heteroatoms. The number of amides is 1. The Morgan fingerprint density at radius 1 is 1.47 bits per heavy atom. The topological polar surface area (TPSA) is 55.6 Å². The highest BCUT2D eigenvalue weighted by atomic mass is 16.5. The minimum Gasteiger partial charge on any atom is -0.496 e. The first-order valence-electron chi connectivity index (χ1n) is 6.66. The van der Waals surface area contributed by atoms with Gasteiger partial charge in [-0.25, -0.2) is 0 Å². The summed E-state index contributed by atoms with van der Waals surface area (Å²) < 4.78 is 5.34. The molecule has 104 valence electrons. The predicted molar refractivity (Wildman–Crippen MR) is 75.1 cm³/mol. The van der Waals surface area contributed by atoms with Crippen molar-refractivity contribution in [1.82, 2.24) is 4.90 Å². The van der Waals surface area contributed by atoms with Crippen LogP contribution in [0.2, 0.25) is 0 Å². The second-order valence-electron chi connectivity index (χ2n) is 5.44. The fourth-order valence-corrected chi connectivity index (χ4v) is 2.23. The van der Waals surface area contributed by atoms with E-state index >= 15 is 0 Å². The lowest BCUT2D eigenvalue weighted by Crippen LogP contribution is -2.47. The van der Waals surface area contributed by atoms with E-state index in [4.69, 9.17) is 10.5 Å². The lowest BCUT2D eigenvalue weighted by atomic mass is 10.0. The molecule has 1 aromatic rings. The van der Waals surface area contributed by atoms with Crippen molar-refractivity contribution in [3.05, 3.63) is 29.8 Å². The predicted octanol–water partition coefficient (Wildman–Crippen LogP) is 1.58. The van der Waals surface area contributed by atoms with Gasteiger partial charge in [-0.3, -0.25) is 4.79 Å². The number of para-hydroxylation sites is 1. The molecule has 1 saturated carbocycles. The van der Waals surface area contributed by atoms with Crippen LogP contribution in [-0.2, 0) is 11.2 Å². The first kappa shape index (κ1) is 13.9. The molecule has 0 aromatic heterocycles. The maximum Gasteiger partial charge on any atom is 0.242 e. The zero-order valence-corrected chi connectivity index (χ0v) is 11.8. The monoisotopic (exact) mass is 262 g/mol. The summed E-state index contributed by atoms with van der Waals surface area (Å²) in [7, 11) is 3.49. The number of nitrogens with two attached hydrogens (primary N) is 1. The van der Waals surface area contributed by atoms with Gasteiger partial charge < -0.3 is 15.4 Å². The molecule has 1 aromatic carbocycles. The lowest BCUT2D eigenvalue weighted by molar-refractivity contribution is -0.134. The van der Waals surface area contributed by atoms with Gasteiger partial charge in [-0.2, -0.15) is 0 Å². The number of ether oxygens (including phenoxy) is 1. The van der Waals surface area contributed by atoms with Crippen LogP contribution in [0.5, 0.6) is 5.75 Å². The van der Waals surface area contributed by atoms with E-state index in [0.717, 1.165) is 30.6 Å². The van der Waals surface area contributed by atoms with Crippen LogP contribution >= 0.6 is 0 Å². The van der Waals surface area contributed by atoms with Crippen molar-refractivity contribution in [1.29, 1.82) is 0 Å². The highest BCUT2D eigenvalue weighted by molar-refractivity contribution is 5.89. The van der Waals surface area contributed by atoms with Gasteiger partial charge in [-0.1, -0.05) is 18.2 Å². The Morgan fingerprint density at radius 2 is 2.11 bits per heavy atom. The molecular weight excluding hydrogens is 240 g/mol. The van der Waals surface area contributed by atoms with Crippen molar-refractivity contribution >= 4 is 5.91 Å². The van der Waals surface area contributed by atoms with Gasteiger partial charge in [0.05, 0.1) is 12.6 Å². The first-order chi connectivity index (χ1) is 8.98. The van der Waals surface area contributed by atoms with E-state index in [1.807, 2.05) is 38.2 Å². The summed E-state index contributed by atoms with van der Waals surface area (Å²) >= 11 is 0. The zero-order chi connectivity index (χ0) is 14.0. The summed E-state index contributed by atoms with van der Waals surface area (Å²) in [5.41, 5.74) is 6.48. The summed E-state index contributed by atoms with van der Waals surface area (Å²) in [5, 5.41) is 0. The lowest BCUT2D eigenvalue weighted by Gasteiger charge is -2.28. The summed E-state index contributed by atoms with van der Waals surface area (Å²) in [6.45, 7) is 2.04. The normalized spacial score (nSPS) is 17.7. The third kappa shape index (κ3) is 2.89. The van der Waals surface area contributed by atoms with Gasteiger partial charge in [0.1, 0.15) is 5.75 Å². The number of rotatable bonds is 5. The molecule has 1 atom stereocenters. The van der Waals surface area contributed by atoms with Crippen LogP contribution in [0.3, 0.4) is 0 Å². The Hall–Kier alpha value is -1.55. The third-order valence-electron chi connectivity index (χ3n) is 3.90. The van der Waals surface area contributed by atoms with E-state index in [-0.39, 0.29) is 11.9 Å². The van der Waals surface area contributed by atoms with Gasteiger partial charge in [0.25, 0.3) is 0 Å². The van der Waals surface area contributed by atoms with E-state index in [0.29, 0.717) is 0 Å². The van der Waals surface area contributed by atoms with Gasteiger partial charge >= 0.3 is 0 Å². The fourth-order valence-electron chi connectivity index (χ4n) is 2.23. The molecule has 4 nitrogen and oxygen atoms in total. The molecule has 19 heavy (non-hydrogen) atoms. The molecule has 1 amide bonds.